The van der Waals surface area contributed by atoms with Gasteiger partial charge in [-0.15, -0.1) is 0 Å². The Balaban J connectivity index is 2.65. The van der Waals surface area contributed by atoms with Crippen LogP contribution in [0.1, 0.15) is 37.6 Å². The van der Waals surface area contributed by atoms with E-state index in [2.05, 4.69) is 0 Å². The lowest BCUT2D eigenvalue weighted by molar-refractivity contribution is -0.337. The quantitative estimate of drug-likeness (QED) is 0.321. The van der Waals surface area contributed by atoms with Crippen LogP contribution in [0.25, 0.3) is 0 Å². The Morgan fingerprint density at radius 3 is 2.44 bits per heavy atom. The van der Waals surface area contributed by atoms with Crippen LogP contribution in [0.15, 0.2) is 30.3 Å². The van der Waals surface area contributed by atoms with Crippen LogP contribution in [0.3, 0.4) is 0 Å². The van der Waals surface area contributed by atoms with Crippen molar-refractivity contribution in [3.63, 3.8) is 0 Å². The van der Waals surface area contributed by atoms with Gasteiger partial charge >= 0.3 is 0 Å². The molecule has 0 heterocycles. The summed E-state index contributed by atoms with van der Waals surface area (Å²) in [6.07, 6.45) is 0.857. The number of carbonyl (C=O) groups is 1. The van der Waals surface area contributed by atoms with Crippen LogP contribution in [-0.4, -0.2) is 18.0 Å². The fourth-order valence-corrected chi connectivity index (χ4v) is 1.25. The molecule has 0 spiro atoms. The molecule has 0 radical (unpaired) electrons. The van der Waals surface area contributed by atoms with Gasteiger partial charge in [0.25, 0.3) is 0 Å². The molecule has 1 rings (SSSR count). The van der Waals surface area contributed by atoms with Gasteiger partial charge in [-0.3, -0.25) is 4.79 Å². The fraction of sp³-hybridized carbons (Fsp3) is 0.462. The normalized spacial score (nSPS) is 11.4. The Kier molecular flexibility index (Phi) is 4.65. The first kappa shape index (κ1) is 12.9. The maximum atomic E-state index is 12.1. The van der Waals surface area contributed by atoms with E-state index < -0.39 is 5.60 Å². The number of carbonyl (C=O) groups excluding carboxylic acids is 1. The van der Waals surface area contributed by atoms with E-state index >= 15 is 0 Å². The van der Waals surface area contributed by atoms with E-state index in [9.17, 15) is 4.79 Å². The highest BCUT2D eigenvalue weighted by molar-refractivity contribution is 6.01. The average Bonchev–Trinajstić information content (AvgIpc) is 2.29. The summed E-state index contributed by atoms with van der Waals surface area (Å²) in [6, 6.07) is 9.07. The molecule has 0 aromatic heterocycles. The zero-order valence-corrected chi connectivity index (χ0v) is 10.0. The Morgan fingerprint density at radius 2 is 1.88 bits per heavy atom. The van der Waals surface area contributed by atoms with Crippen molar-refractivity contribution < 1.29 is 14.6 Å². The number of rotatable bonds is 6. The summed E-state index contributed by atoms with van der Waals surface area (Å²) in [5.74, 6) is -0.0794. The molecule has 0 N–H and O–H groups in total. The molecule has 0 aliphatic heterocycles. The molecular formula is C13H18O3. The van der Waals surface area contributed by atoms with Crippen LogP contribution in [0.4, 0.5) is 0 Å². The van der Waals surface area contributed by atoms with Gasteiger partial charge in [0.05, 0.1) is 6.61 Å². The maximum Gasteiger partial charge on any atom is 0.197 e. The largest absolute Gasteiger partial charge is 0.291 e. The second-order valence-corrected chi connectivity index (χ2v) is 4.11. The third kappa shape index (κ3) is 3.43. The van der Waals surface area contributed by atoms with Crippen molar-refractivity contribution in [3.05, 3.63) is 35.9 Å². The minimum absolute atomic E-state index is 0.0794. The van der Waals surface area contributed by atoms with E-state index in [0.717, 1.165) is 6.42 Å². The van der Waals surface area contributed by atoms with Gasteiger partial charge in [0.1, 0.15) is 0 Å². The number of hydrogen-bond donors (Lipinski definition) is 0. The van der Waals surface area contributed by atoms with Gasteiger partial charge in [-0.2, -0.15) is 0 Å². The molecule has 1 aromatic rings. The van der Waals surface area contributed by atoms with Gasteiger partial charge in [0.2, 0.25) is 0 Å². The fourth-order valence-electron chi connectivity index (χ4n) is 1.25. The lowest BCUT2D eigenvalue weighted by atomic mass is 9.97. The van der Waals surface area contributed by atoms with Crippen molar-refractivity contribution >= 4 is 5.78 Å². The first-order valence-corrected chi connectivity index (χ1v) is 5.48. The van der Waals surface area contributed by atoms with Gasteiger partial charge in [-0.25, -0.2) is 9.78 Å². The highest BCUT2D eigenvalue weighted by Gasteiger charge is 2.30. The molecular weight excluding hydrogens is 204 g/mol. The van der Waals surface area contributed by atoms with E-state index in [0.29, 0.717) is 12.2 Å². The summed E-state index contributed by atoms with van der Waals surface area (Å²) in [6.45, 7) is 5.89. The van der Waals surface area contributed by atoms with Crippen LogP contribution in [0.2, 0.25) is 0 Å². The Morgan fingerprint density at radius 1 is 1.25 bits per heavy atom. The molecule has 1 aromatic carbocycles. The summed E-state index contributed by atoms with van der Waals surface area (Å²) >= 11 is 0. The Bertz CT molecular complexity index is 330. The van der Waals surface area contributed by atoms with Crippen LogP contribution < -0.4 is 0 Å². The number of hydrogen-bond acceptors (Lipinski definition) is 3. The first-order chi connectivity index (χ1) is 7.58. The lowest BCUT2D eigenvalue weighted by Crippen LogP contribution is -2.35. The molecule has 0 atom stereocenters. The molecule has 88 valence electrons. The highest BCUT2D eigenvalue weighted by Crippen LogP contribution is 2.17. The monoisotopic (exact) mass is 222 g/mol. The number of Topliss-reactive ketones (excluding diaryl/α,β-unsaturated/α-hetero) is 1. The Hall–Kier alpha value is -1.19. The SMILES string of the molecule is CCCOOC(C)(C)C(=O)c1ccccc1. The van der Waals surface area contributed by atoms with E-state index in [1.54, 1.807) is 26.0 Å². The third-order valence-electron chi connectivity index (χ3n) is 2.14. The van der Waals surface area contributed by atoms with Gasteiger partial charge in [-0.1, -0.05) is 37.3 Å². The van der Waals surface area contributed by atoms with Crippen LogP contribution in [-0.2, 0) is 9.78 Å². The van der Waals surface area contributed by atoms with E-state index in [1.807, 2.05) is 25.1 Å². The highest BCUT2D eigenvalue weighted by atomic mass is 17.2. The van der Waals surface area contributed by atoms with Crippen molar-refractivity contribution in [3.8, 4) is 0 Å². The molecule has 0 aliphatic rings. The third-order valence-corrected chi connectivity index (χ3v) is 2.14. The lowest BCUT2D eigenvalue weighted by Gasteiger charge is -2.21. The predicted molar refractivity (Wildman–Crippen MR) is 62.2 cm³/mol. The van der Waals surface area contributed by atoms with E-state index in [4.69, 9.17) is 9.78 Å². The van der Waals surface area contributed by atoms with Crippen molar-refractivity contribution in [2.45, 2.75) is 32.8 Å². The molecule has 0 fully saturated rings. The average molecular weight is 222 g/mol. The molecule has 0 bridgehead atoms. The number of ketones is 1. The second kappa shape index (κ2) is 5.77. The van der Waals surface area contributed by atoms with Gasteiger partial charge in [0.15, 0.2) is 11.4 Å². The van der Waals surface area contributed by atoms with Gasteiger partial charge in [0, 0.05) is 5.56 Å². The van der Waals surface area contributed by atoms with Crippen molar-refractivity contribution in [2.75, 3.05) is 6.61 Å². The van der Waals surface area contributed by atoms with Gasteiger partial charge in [-0.05, 0) is 20.3 Å². The topological polar surface area (TPSA) is 35.5 Å². The summed E-state index contributed by atoms with van der Waals surface area (Å²) in [7, 11) is 0. The predicted octanol–water partition coefficient (Wildman–Crippen LogP) is 3.01. The minimum Gasteiger partial charge on any atom is -0.291 e. The number of benzene rings is 1. The molecule has 0 saturated carbocycles. The van der Waals surface area contributed by atoms with E-state index in [1.165, 1.54) is 0 Å². The first-order valence-electron chi connectivity index (χ1n) is 5.48. The molecule has 0 unspecified atom stereocenters. The molecule has 16 heavy (non-hydrogen) atoms. The zero-order chi connectivity index (χ0) is 12.0. The van der Waals surface area contributed by atoms with Crippen molar-refractivity contribution in [1.29, 1.82) is 0 Å². The molecule has 0 amide bonds. The van der Waals surface area contributed by atoms with Crippen molar-refractivity contribution in [2.24, 2.45) is 0 Å². The van der Waals surface area contributed by atoms with E-state index in [-0.39, 0.29) is 5.78 Å². The molecule has 0 aliphatic carbocycles. The molecule has 3 heteroatoms. The Labute approximate surface area is 96.3 Å². The summed E-state index contributed by atoms with van der Waals surface area (Å²) in [5.41, 5.74) is -0.316. The van der Waals surface area contributed by atoms with Crippen molar-refractivity contribution in [1.82, 2.24) is 0 Å². The van der Waals surface area contributed by atoms with Gasteiger partial charge < -0.3 is 0 Å². The standard InChI is InChI=1S/C13H18O3/c1-4-10-15-16-13(2,3)12(14)11-8-6-5-7-9-11/h5-9H,4,10H2,1-3H3. The zero-order valence-electron chi connectivity index (χ0n) is 10.0. The van der Waals surface area contributed by atoms with Crippen LogP contribution in [0, 0.1) is 0 Å². The molecule has 3 nitrogen and oxygen atoms in total. The smallest absolute Gasteiger partial charge is 0.197 e. The summed E-state index contributed by atoms with van der Waals surface area (Å²) in [5, 5.41) is 0. The van der Waals surface area contributed by atoms with Crippen LogP contribution >= 0.6 is 0 Å². The minimum atomic E-state index is -0.948. The maximum absolute atomic E-state index is 12.1. The summed E-state index contributed by atoms with van der Waals surface area (Å²) in [4.78, 5) is 22.2. The molecule has 0 saturated heterocycles. The van der Waals surface area contributed by atoms with Crippen LogP contribution in [0.5, 0.6) is 0 Å². The summed E-state index contributed by atoms with van der Waals surface area (Å²) < 4.78 is 0. The second-order valence-electron chi connectivity index (χ2n) is 4.11.